The molecule has 1 aliphatic rings. The lowest BCUT2D eigenvalue weighted by Gasteiger charge is -2.35. The Bertz CT molecular complexity index is 1780. The summed E-state index contributed by atoms with van der Waals surface area (Å²) in [6, 6.07) is 5.54. The van der Waals surface area contributed by atoms with Gasteiger partial charge in [0.1, 0.15) is 11.3 Å². The standard InChI is InChI=1S/C28H26ClFN8O2S/c1-16-5-6-20-18(13-32-35-20)23(16)24-19(29)12-17-26(25(24)30)33-27(21-14-31-15-41-21)34-28(17)38-10-8-37(9-11-38)22(39)4-3-7-36(2)40/h3-6,12-15,40H,7-11H2,1-2H3,(H,32,35)/b4-3+. The number of aryl methyl sites for hydroxylation is 1. The number of halogens is 2. The lowest BCUT2D eigenvalue weighted by Crippen LogP contribution is -2.48. The van der Waals surface area contributed by atoms with E-state index in [0.717, 1.165) is 21.5 Å². The molecule has 13 heteroatoms. The van der Waals surface area contributed by atoms with E-state index in [-0.39, 0.29) is 28.6 Å². The summed E-state index contributed by atoms with van der Waals surface area (Å²) >= 11 is 8.21. The molecule has 0 saturated carbocycles. The minimum Gasteiger partial charge on any atom is -0.352 e. The first-order valence-corrected chi connectivity index (χ1v) is 14.2. The summed E-state index contributed by atoms with van der Waals surface area (Å²) in [5.41, 5.74) is 4.40. The summed E-state index contributed by atoms with van der Waals surface area (Å²) in [5, 5.41) is 18.9. The molecular formula is C28H26ClFN8O2S. The molecule has 1 fully saturated rings. The number of rotatable bonds is 6. The van der Waals surface area contributed by atoms with E-state index in [1.807, 2.05) is 24.0 Å². The molecule has 5 aromatic rings. The zero-order chi connectivity index (χ0) is 28.7. The SMILES string of the molecule is Cc1ccc2[nH]ncc2c1-c1c(Cl)cc2c(N3CCN(C(=O)/C=C/CN(C)O)CC3)nc(-c3cncs3)nc2c1F. The molecule has 1 aliphatic heterocycles. The molecule has 4 heterocycles. The molecule has 10 nitrogen and oxygen atoms in total. The molecule has 1 amide bonds. The molecule has 0 spiro atoms. The van der Waals surface area contributed by atoms with Crippen molar-refractivity contribution in [1.29, 1.82) is 0 Å². The van der Waals surface area contributed by atoms with Crippen LogP contribution in [-0.4, -0.2) is 86.0 Å². The predicted molar refractivity (Wildman–Crippen MR) is 158 cm³/mol. The van der Waals surface area contributed by atoms with Gasteiger partial charge in [0, 0.05) is 73.9 Å². The van der Waals surface area contributed by atoms with Gasteiger partial charge in [-0.3, -0.25) is 14.9 Å². The fourth-order valence-corrected chi connectivity index (χ4v) is 5.94. The summed E-state index contributed by atoms with van der Waals surface area (Å²) in [6.07, 6.45) is 6.41. The van der Waals surface area contributed by atoms with E-state index >= 15 is 4.39 Å². The van der Waals surface area contributed by atoms with E-state index in [1.54, 1.807) is 34.9 Å². The van der Waals surface area contributed by atoms with Crippen LogP contribution in [0.2, 0.25) is 5.02 Å². The first-order valence-electron chi connectivity index (χ1n) is 12.9. The Balaban J connectivity index is 1.43. The van der Waals surface area contributed by atoms with E-state index in [4.69, 9.17) is 16.6 Å². The smallest absolute Gasteiger partial charge is 0.246 e. The first kappa shape index (κ1) is 27.2. The highest BCUT2D eigenvalue weighted by atomic mass is 35.5. The van der Waals surface area contributed by atoms with Crippen LogP contribution >= 0.6 is 22.9 Å². The lowest BCUT2D eigenvalue weighted by molar-refractivity contribution is -0.126. The number of nitrogens with zero attached hydrogens (tertiary/aromatic N) is 7. The van der Waals surface area contributed by atoms with Gasteiger partial charge in [0.2, 0.25) is 5.91 Å². The van der Waals surface area contributed by atoms with Crippen LogP contribution in [0.25, 0.3) is 43.6 Å². The monoisotopic (exact) mass is 592 g/mol. The number of piperazine rings is 1. The van der Waals surface area contributed by atoms with Gasteiger partial charge in [-0.15, -0.1) is 11.3 Å². The fourth-order valence-electron chi connectivity index (χ4n) is 5.09. The number of likely N-dealkylation sites (N-methyl/N-ethyl adjacent to an activating group) is 1. The van der Waals surface area contributed by atoms with Gasteiger partial charge >= 0.3 is 0 Å². The molecule has 0 bridgehead atoms. The van der Waals surface area contributed by atoms with E-state index in [0.29, 0.717) is 53.6 Å². The molecule has 41 heavy (non-hydrogen) atoms. The number of aromatic nitrogens is 5. The van der Waals surface area contributed by atoms with Crippen LogP contribution in [0.4, 0.5) is 10.2 Å². The predicted octanol–water partition coefficient (Wildman–Crippen LogP) is 4.92. The molecule has 6 rings (SSSR count). The van der Waals surface area contributed by atoms with Crippen molar-refractivity contribution in [2.45, 2.75) is 6.92 Å². The number of carbonyl (C=O) groups is 1. The van der Waals surface area contributed by atoms with Crippen molar-refractivity contribution >= 4 is 56.5 Å². The maximum Gasteiger partial charge on any atom is 0.246 e. The number of hydroxylamine groups is 2. The van der Waals surface area contributed by atoms with E-state index in [1.165, 1.54) is 24.5 Å². The number of thiazole rings is 1. The van der Waals surface area contributed by atoms with Crippen LogP contribution < -0.4 is 4.90 Å². The van der Waals surface area contributed by atoms with Gasteiger partial charge in [0.15, 0.2) is 11.6 Å². The number of aromatic amines is 1. The molecule has 0 atom stereocenters. The van der Waals surface area contributed by atoms with E-state index < -0.39 is 5.82 Å². The maximum absolute atomic E-state index is 16.6. The first-order chi connectivity index (χ1) is 19.8. The zero-order valence-corrected chi connectivity index (χ0v) is 23.9. The summed E-state index contributed by atoms with van der Waals surface area (Å²) in [7, 11) is 1.51. The largest absolute Gasteiger partial charge is 0.352 e. The van der Waals surface area contributed by atoms with Crippen molar-refractivity contribution in [2.75, 3.05) is 44.7 Å². The molecule has 2 N–H and O–H groups in total. The van der Waals surface area contributed by atoms with Crippen molar-refractivity contribution in [1.82, 2.24) is 35.1 Å². The Morgan fingerprint density at radius 3 is 2.73 bits per heavy atom. The topological polar surface area (TPSA) is 114 Å². The fraction of sp³-hybridized carbons (Fsp3) is 0.250. The van der Waals surface area contributed by atoms with Gasteiger partial charge < -0.3 is 15.0 Å². The average Bonchev–Trinajstić information content (AvgIpc) is 3.67. The number of carbonyl (C=O) groups excluding carboxylic acids is 1. The van der Waals surface area contributed by atoms with Crippen LogP contribution in [0.5, 0.6) is 0 Å². The number of amides is 1. The highest BCUT2D eigenvalue weighted by Crippen LogP contribution is 2.42. The highest BCUT2D eigenvalue weighted by molar-refractivity contribution is 7.13. The van der Waals surface area contributed by atoms with Gasteiger partial charge in [-0.1, -0.05) is 23.7 Å². The Hall–Kier alpha value is -3.97. The van der Waals surface area contributed by atoms with Crippen molar-refractivity contribution in [3.8, 4) is 21.8 Å². The van der Waals surface area contributed by atoms with Crippen molar-refractivity contribution in [3.05, 3.63) is 64.7 Å². The second-order valence-electron chi connectivity index (χ2n) is 9.82. The number of anilines is 1. The molecule has 1 saturated heterocycles. The summed E-state index contributed by atoms with van der Waals surface area (Å²) in [6.45, 7) is 4.05. The molecule has 3 aromatic heterocycles. The third-order valence-corrected chi connectivity index (χ3v) is 8.19. The molecule has 0 unspecified atom stereocenters. The number of nitrogens with one attached hydrogen (secondary N) is 1. The molecule has 2 aromatic carbocycles. The number of benzene rings is 2. The van der Waals surface area contributed by atoms with Gasteiger partial charge in [0.25, 0.3) is 0 Å². The number of fused-ring (bicyclic) bond motifs is 2. The minimum atomic E-state index is -0.536. The van der Waals surface area contributed by atoms with E-state index in [9.17, 15) is 10.0 Å². The van der Waals surface area contributed by atoms with Gasteiger partial charge in [-0.2, -0.15) is 10.2 Å². The maximum atomic E-state index is 16.6. The third-order valence-electron chi connectivity index (χ3n) is 7.12. The minimum absolute atomic E-state index is 0.132. The van der Waals surface area contributed by atoms with Gasteiger partial charge in [-0.25, -0.2) is 14.4 Å². The Kier molecular flexibility index (Phi) is 7.39. The second-order valence-corrected chi connectivity index (χ2v) is 11.1. The van der Waals surface area contributed by atoms with Crippen LogP contribution in [0.1, 0.15) is 5.56 Å². The van der Waals surface area contributed by atoms with Crippen molar-refractivity contribution < 1.29 is 14.4 Å². The summed E-state index contributed by atoms with van der Waals surface area (Å²) < 4.78 is 16.6. The number of H-pyrrole nitrogens is 1. The number of hydrogen-bond donors (Lipinski definition) is 2. The Morgan fingerprint density at radius 1 is 1.20 bits per heavy atom. The molecular weight excluding hydrogens is 567 g/mol. The normalized spacial score (nSPS) is 14.3. The average molecular weight is 593 g/mol. The quantitative estimate of drug-likeness (QED) is 0.211. The van der Waals surface area contributed by atoms with Crippen LogP contribution in [0, 0.1) is 12.7 Å². The van der Waals surface area contributed by atoms with Crippen LogP contribution in [-0.2, 0) is 4.79 Å². The van der Waals surface area contributed by atoms with Gasteiger partial charge in [0.05, 0.1) is 27.1 Å². The Labute approximate surface area is 243 Å². The molecule has 210 valence electrons. The van der Waals surface area contributed by atoms with Crippen molar-refractivity contribution in [2.24, 2.45) is 0 Å². The summed E-state index contributed by atoms with van der Waals surface area (Å²) in [5.74, 6) is 0.252. The lowest BCUT2D eigenvalue weighted by atomic mass is 9.95. The molecule has 0 radical (unpaired) electrons. The zero-order valence-electron chi connectivity index (χ0n) is 22.3. The van der Waals surface area contributed by atoms with E-state index in [2.05, 4.69) is 20.2 Å². The van der Waals surface area contributed by atoms with Crippen molar-refractivity contribution in [3.63, 3.8) is 0 Å². The Morgan fingerprint density at radius 2 is 2.00 bits per heavy atom. The van der Waals surface area contributed by atoms with Gasteiger partial charge in [-0.05, 0) is 24.6 Å². The second kappa shape index (κ2) is 11.1. The van der Waals surface area contributed by atoms with Crippen LogP contribution in [0.3, 0.4) is 0 Å². The summed E-state index contributed by atoms with van der Waals surface area (Å²) in [4.78, 5) is 30.8. The van der Waals surface area contributed by atoms with Crippen LogP contribution in [0.15, 0.2) is 48.3 Å². The highest BCUT2D eigenvalue weighted by Gasteiger charge is 2.27. The number of hydrogen-bond acceptors (Lipinski definition) is 9. The third kappa shape index (κ3) is 5.15. The molecule has 0 aliphatic carbocycles.